The molecule has 0 aliphatic carbocycles. The summed E-state index contributed by atoms with van der Waals surface area (Å²) in [5, 5.41) is 8.18. The molecule has 1 aromatic rings. The van der Waals surface area contributed by atoms with Crippen molar-refractivity contribution < 1.29 is 0 Å². The van der Waals surface area contributed by atoms with E-state index in [1.165, 1.54) is 50.0 Å². The zero-order chi connectivity index (χ0) is 12.3. The zero-order valence-electron chi connectivity index (χ0n) is 11.2. The number of hydrogen-bond donors (Lipinski definition) is 0. The zero-order valence-corrected chi connectivity index (χ0v) is 12.0. The summed E-state index contributed by atoms with van der Waals surface area (Å²) in [7, 11) is 0. The lowest BCUT2D eigenvalue weighted by Gasteiger charge is -2.05. The van der Waals surface area contributed by atoms with Gasteiger partial charge in [0.05, 0.1) is 11.9 Å². The fourth-order valence-corrected chi connectivity index (χ4v) is 2.37. The third kappa shape index (κ3) is 6.10. The number of thioether (sulfide) groups is 1. The van der Waals surface area contributed by atoms with Crippen LogP contribution in [-0.2, 0) is 13.0 Å². The van der Waals surface area contributed by atoms with Crippen molar-refractivity contribution in [3.63, 3.8) is 0 Å². The quantitative estimate of drug-likeness (QED) is 0.599. The number of rotatable bonds is 10. The normalized spacial score (nSPS) is 10.9. The van der Waals surface area contributed by atoms with Gasteiger partial charge in [-0.1, -0.05) is 31.4 Å². The Morgan fingerprint density at radius 1 is 1.18 bits per heavy atom. The van der Waals surface area contributed by atoms with Crippen molar-refractivity contribution in [3.8, 4) is 0 Å². The highest BCUT2D eigenvalue weighted by Gasteiger charge is 2.02. The predicted octanol–water partition coefficient (Wildman–Crippen LogP) is 3.54. The Kier molecular flexibility index (Phi) is 8.14. The van der Waals surface area contributed by atoms with Crippen LogP contribution < -0.4 is 0 Å². The predicted molar refractivity (Wildman–Crippen MR) is 75.5 cm³/mol. The molecule has 0 saturated heterocycles. The minimum Gasteiger partial charge on any atom is -0.249 e. The Hall–Kier alpha value is -0.510. The molecule has 0 fully saturated rings. The Balaban J connectivity index is 2.15. The van der Waals surface area contributed by atoms with E-state index in [-0.39, 0.29) is 0 Å². The third-order valence-electron chi connectivity index (χ3n) is 2.95. The molecule has 3 nitrogen and oxygen atoms in total. The monoisotopic (exact) mass is 255 g/mol. The van der Waals surface area contributed by atoms with Gasteiger partial charge in [-0.2, -0.15) is 11.8 Å². The highest BCUT2D eigenvalue weighted by Crippen LogP contribution is 2.08. The smallest absolute Gasteiger partial charge is 0.0725 e. The van der Waals surface area contributed by atoms with Gasteiger partial charge >= 0.3 is 0 Å². The third-order valence-corrected chi connectivity index (χ3v) is 3.65. The van der Waals surface area contributed by atoms with Crippen LogP contribution in [-0.4, -0.2) is 27.0 Å². The summed E-state index contributed by atoms with van der Waals surface area (Å²) >= 11 is 1.94. The van der Waals surface area contributed by atoms with Gasteiger partial charge in [-0.15, -0.1) is 5.10 Å². The van der Waals surface area contributed by atoms with Crippen molar-refractivity contribution in [2.75, 3.05) is 12.0 Å². The van der Waals surface area contributed by atoms with E-state index in [9.17, 15) is 0 Å². The first-order valence-corrected chi connectivity index (χ1v) is 8.14. The van der Waals surface area contributed by atoms with E-state index >= 15 is 0 Å². The van der Waals surface area contributed by atoms with Crippen LogP contribution in [0.2, 0.25) is 0 Å². The summed E-state index contributed by atoms with van der Waals surface area (Å²) < 4.78 is 2.09. The van der Waals surface area contributed by atoms with Crippen LogP contribution in [0.5, 0.6) is 0 Å². The maximum Gasteiger partial charge on any atom is 0.0725 e. The minimum absolute atomic E-state index is 1.04. The largest absolute Gasteiger partial charge is 0.249 e. The van der Waals surface area contributed by atoms with Gasteiger partial charge in [0, 0.05) is 6.54 Å². The molecular formula is C13H25N3S. The van der Waals surface area contributed by atoms with Gasteiger partial charge in [0.2, 0.25) is 0 Å². The second-order valence-electron chi connectivity index (χ2n) is 4.46. The van der Waals surface area contributed by atoms with Crippen molar-refractivity contribution >= 4 is 11.8 Å². The van der Waals surface area contributed by atoms with Gasteiger partial charge in [-0.3, -0.25) is 0 Å². The molecule has 0 bridgehead atoms. The van der Waals surface area contributed by atoms with E-state index in [0.29, 0.717) is 0 Å². The molecule has 0 aliphatic rings. The van der Waals surface area contributed by atoms with Gasteiger partial charge in [-0.05, 0) is 37.7 Å². The number of nitrogens with zero attached hydrogens (tertiary/aromatic N) is 3. The van der Waals surface area contributed by atoms with Gasteiger partial charge in [0.25, 0.3) is 0 Å². The molecule has 0 amide bonds. The second-order valence-corrected chi connectivity index (χ2v) is 5.44. The van der Waals surface area contributed by atoms with Crippen molar-refractivity contribution in [2.45, 2.75) is 58.4 Å². The van der Waals surface area contributed by atoms with Crippen LogP contribution in [0.3, 0.4) is 0 Å². The van der Waals surface area contributed by atoms with E-state index in [4.69, 9.17) is 0 Å². The molecule has 0 saturated carbocycles. The molecule has 0 unspecified atom stereocenters. The minimum atomic E-state index is 1.04. The molecule has 1 heterocycles. The topological polar surface area (TPSA) is 30.7 Å². The average Bonchev–Trinajstić information content (AvgIpc) is 2.78. The lowest BCUT2D eigenvalue weighted by atomic mass is 10.2. The molecule has 0 atom stereocenters. The van der Waals surface area contributed by atoms with Gasteiger partial charge < -0.3 is 0 Å². The highest BCUT2D eigenvalue weighted by molar-refractivity contribution is 7.98. The first-order valence-electron chi connectivity index (χ1n) is 6.74. The molecule has 0 spiro atoms. The van der Waals surface area contributed by atoms with Crippen molar-refractivity contribution in [1.29, 1.82) is 0 Å². The first-order chi connectivity index (χ1) is 8.38. The summed E-state index contributed by atoms with van der Waals surface area (Å²) in [6.07, 6.45) is 12.9. The molecule has 0 radical (unpaired) electrons. The summed E-state index contributed by atoms with van der Waals surface area (Å²) in [4.78, 5) is 0. The maximum atomic E-state index is 4.17. The molecule has 98 valence electrons. The van der Waals surface area contributed by atoms with E-state index in [1.807, 2.05) is 18.0 Å². The molecule has 17 heavy (non-hydrogen) atoms. The van der Waals surface area contributed by atoms with Crippen LogP contribution in [0, 0.1) is 0 Å². The van der Waals surface area contributed by atoms with Crippen LogP contribution in [0.1, 0.15) is 51.1 Å². The van der Waals surface area contributed by atoms with E-state index < -0.39 is 0 Å². The van der Waals surface area contributed by atoms with Gasteiger partial charge in [-0.25, -0.2) is 4.68 Å². The molecule has 0 N–H and O–H groups in total. The van der Waals surface area contributed by atoms with Gasteiger partial charge in [0.1, 0.15) is 0 Å². The summed E-state index contributed by atoms with van der Waals surface area (Å²) in [6, 6.07) is 0. The lowest BCUT2D eigenvalue weighted by Crippen LogP contribution is -2.05. The maximum absolute atomic E-state index is 4.17. The average molecular weight is 255 g/mol. The Morgan fingerprint density at radius 2 is 2.00 bits per heavy atom. The van der Waals surface area contributed by atoms with Crippen LogP contribution >= 0.6 is 11.8 Å². The first kappa shape index (κ1) is 14.6. The van der Waals surface area contributed by atoms with Crippen LogP contribution in [0.4, 0.5) is 0 Å². The van der Waals surface area contributed by atoms with E-state index in [2.05, 4.69) is 28.2 Å². The summed E-state index contributed by atoms with van der Waals surface area (Å²) in [5.41, 5.74) is 1.30. The van der Waals surface area contributed by atoms with Crippen LogP contribution in [0.25, 0.3) is 0 Å². The molecule has 1 rings (SSSR count). The molecule has 0 aromatic carbocycles. The number of hydrogen-bond acceptors (Lipinski definition) is 3. The number of aryl methyl sites for hydroxylation is 2. The number of unbranched alkanes of at least 4 members (excludes halogenated alkanes) is 4. The fraction of sp³-hybridized carbons (Fsp3) is 0.846. The van der Waals surface area contributed by atoms with Crippen molar-refractivity contribution in [2.24, 2.45) is 0 Å². The van der Waals surface area contributed by atoms with Crippen LogP contribution in [0.15, 0.2) is 6.20 Å². The number of aromatic nitrogens is 3. The summed E-state index contributed by atoms with van der Waals surface area (Å²) in [6.45, 7) is 3.26. The highest BCUT2D eigenvalue weighted by atomic mass is 32.2. The fourth-order valence-electron chi connectivity index (χ4n) is 1.88. The van der Waals surface area contributed by atoms with Crippen molar-refractivity contribution in [3.05, 3.63) is 11.9 Å². The molecular weight excluding hydrogens is 230 g/mol. The van der Waals surface area contributed by atoms with E-state index in [0.717, 1.165) is 13.0 Å². The second kappa shape index (κ2) is 9.51. The SMILES string of the molecule is CCCCc1cnnn1CCCCCCSC. The lowest BCUT2D eigenvalue weighted by molar-refractivity contribution is 0.509. The standard InChI is InChI=1S/C13H25N3S/c1-3-4-9-13-12-14-15-16(13)10-7-5-6-8-11-17-2/h12H,3-11H2,1-2H3. The van der Waals surface area contributed by atoms with Gasteiger partial charge in [0.15, 0.2) is 0 Å². The summed E-state index contributed by atoms with van der Waals surface area (Å²) in [5.74, 6) is 1.30. The molecule has 1 aromatic heterocycles. The molecule has 4 heteroatoms. The van der Waals surface area contributed by atoms with Crippen molar-refractivity contribution in [1.82, 2.24) is 15.0 Å². The Labute approximate surface area is 109 Å². The van der Waals surface area contributed by atoms with E-state index in [1.54, 1.807) is 0 Å². The Bertz CT molecular complexity index is 286. The molecule has 0 aliphatic heterocycles. The Morgan fingerprint density at radius 3 is 2.76 bits per heavy atom.